The first-order chi connectivity index (χ1) is 63.6. The van der Waals surface area contributed by atoms with Gasteiger partial charge in [0, 0.05) is 11.1 Å². The molecule has 12 fully saturated rings. The van der Waals surface area contributed by atoms with E-state index in [4.69, 9.17) is 85.3 Å². The lowest BCUT2D eigenvalue weighted by Crippen LogP contribution is -2.69. The summed E-state index contributed by atoms with van der Waals surface area (Å²) in [6.07, 6.45) is -58.0. The first kappa shape index (κ1) is 109. The van der Waals surface area contributed by atoms with Crippen molar-refractivity contribution >= 4 is 17.9 Å². The average molecular weight is 1950 g/mol. The number of aliphatic hydroxyl groups excluding tert-OH is 20. The van der Waals surface area contributed by atoms with Gasteiger partial charge in [0.2, 0.25) is 6.29 Å². The van der Waals surface area contributed by atoms with Gasteiger partial charge >= 0.3 is 17.9 Å². The first-order valence-electron chi connectivity index (χ1n) is 47.2. The molecular formula is C93H146O43. The highest BCUT2D eigenvalue weighted by molar-refractivity contribution is 5.88. The van der Waals surface area contributed by atoms with Crippen LogP contribution in [0.4, 0.5) is 0 Å². The van der Waals surface area contributed by atoms with Crippen LogP contribution in [-0.2, 0) is 99.6 Å². The molecule has 8 heterocycles. The smallest absolute Gasteiger partial charge is 0.333 e. The largest absolute Gasteiger partial charge is 0.453 e. The van der Waals surface area contributed by atoms with Crippen LogP contribution < -0.4 is 0 Å². The Morgan fingerprint density at radius 3 is 1.52 bits per heavy atom. The fourth-order valence-electron chi connectivity index (χ4n) is 23.1. The second-order valence-electron chi connectivity index (χ2n) is 42.3. The van der Waals surface area contributed by atoms with E-state index in [1.165, 1.54) is 58.9 Å². The molecule has 0 radical (unpaired) electrons. The van der Waals surface area contributed by atoms with E-state index in [-0.39, 0.29) is 67.9 Å². The molecule has 0 bridgehead atoms. The molecule has 8 saturated heterocycles. The third kappa shape index (κ3) is 21.7. The molecule has 0 spiro atoms. The Morgan fingerprint density at radius 1 is 0.449 bits per heavy atom. The summed E-state index contributed by atoms with van der Waals surface area (Å²) in [5.74, 6) is -4.35. The van der Waals surface area contributed by atoms with Crippen molar-refractivity contribution in [1.29, 1.82) is 0 Å². The summed E-state index contributed by atoms with van der Waals surface area (Å²) in [5.41, 5.74) is -7.15. The summed E-state index contributed by atoms with van der Waals surface area (Å²) in [7, 11) is 0. The van der Waals surface area contributed by atoms with Crippen LogP contribution in [0.2, 0.25) is 0 Å². The number of carbonyl (C=O) groups is 3. The molecule has 5 aliphatic carbocycles. The molecule has 776 valence electrons. The maximum atomic E-state index is 16.8. The molecule has 0 aromatic rings. The Hall–Kier alpha value is -4.37. The third-order valence-corrected chi connectivity index (χ3v) is 32.1. The second kappa shape index (κ2) is 42.7. The molecule has 0 aromatic carbocycles. The summed E-state index contributed by atoms with van der Waals surface area (Å²) in [6, 6.07) is 0. The minimum atomic E-state index is -2.43. The number of allylic oxidation sites excluding steroid dienone is 4. The van der Waals surface area contributed by atoms with E-state index in [9.17, 15) is 122 Å². The van der Waals surface area contributed by atoms with Crippen molar-refractivity contribution in [3.63, 3.8) is 0 Å². The van der Waals surface area contributed by atoms with Crippen LogP contribution in [-0.4, -0.2) is 415 Å². The molecule has 0 amide bonds. The van der Waals surface area contributed by atoms with Crippen molar-refractivity contribution in [3.8, 4) is 0 Å². The zero-order valence-corrected chi connectivity index (χ0v) is 78.8. The molecule has 47 unspecified atom stereocenters. The lowest BCUT2D eigenvalue weighted by Gasteiger charge is -2.71. The van der Waals surface area contributed by atoms with E-state index in [0.717, 1.165) is 5.57 Å². The number of aliphatic hydroxyl groups is 22. The zero-order chi connectivity index (χ0) is 99.8. The quantitative estimate of drug-likeness (QED) is 0.0108. The highest BCUT2D eigenvalue weighted by Crippen LogP contribution is 2.76. The summed E-state index contributed by atoms with van der Waals surface area (Å²) in [4.78, 5) is 45.6. The van der Waals surface area contributed by atoms with Crippen LogP contribution in [0.5, 0.6) is 0 Å². The number of fused-ring (bicyclic) bond motifs is 7. The Labute approximate surface area is 788 Å². The van der Waals surface area contributed by atoms with E-state index in [1.54, 1.807) is 0 Å². The molecule has 13 aliphatic rings. The number of rotatable bonds is 30. The van der Waals surface area contributed by atoms with E-state index in [1.807, 2.05) is 13.8 Å². The van der Waals surface area contributed by atoms with Crippen LogP contribution in [0.3, 0.4) is 0 Å². The van der Waals surface area contributed by atoms with E-state index in [0.29, 0.717) is 38.5 Å². The lowest BCUT2D eigenvalue weighted by atomic mass is 9.33. The van der Waals surface area contributed by atoms with E-state index < -0.39 is 341 Å². The van der Waals surface area contributed by atoms with Crippen molar-refractivity contribution in [3.05, 3.63) is 60.3 Å². The number of carbonyl (C=O) groups excluding carboxylic acids is 3. The number of ether oxygens (including phenoxy) is 18. The van der Waals surface area contributed by atoms with Crippen molar-refractivity contribution in [1.82, 2.24) is 0 Å². The van der Waals surface area contributed by atoms with Crippen molar-refractivity contribution in [2.45, 2.75) is 411 Å². The van der Waals surface area contributed by atoms with Crippen LogP contribution >= 0.6 is 0 Å². The fourth-order valence-corrected chi connectivity index (χ4v) is 23.1. The van der Waals surface area contributed by atoms with Gasteiger partial charge in [0.05, 0.1) is 69.2 Å². The molecule has 13 rings (SSSR count). The van der Waals surface area contributed by atoms with Gasteiger partial charge in [-0.15, -0.1) is 13.2 Å². The van der Waals surface area contributed by atoms with Gasteiger partial charge in [-0.25, -0.2) is 9.59 Å². The van der Waals surface area contributed by atoms with Gasteiger partial charge in [-0.05, 0) is 163 Å². The molecule has 4 saturated carbocycles. The minimum absolute atomic E-state index is 0.00171. The third-order valence-electron chi connectivity index (χ3n) is 32.1. The minimum Gasteiger partial charge on any atom is -0.453 e. The molecule has 43 heteroatoms. The molecule has 47 atom stereocenters. The Balaban J connectivity index is 0.793. The Kier molecular flexibility index (Phi) is 34.2. The maximum absolute atomic E-state index is 16.8. The molecule has 136 heavy (non-hydrogen) atoms. The summed E-state index contributed by atoms with van der Waals surface area (Å²) in [5, 5.41) is 249. The standard InChI is InChI=1S/C93H146O43/c1-15-88(10,117)25-17-19-39(3)74(113)129-69-59(104)49(38-124-83-72(61(106)54(99)41(5)125-83)130-75(114)40(4)20-18-26-89(11,118)16-2)127-84(73(69)134-81-66(111)62(107)70(76(115)135-81)132-79-67(112)68(47(97)36-121-79)131-77-63(108)55(100)44(94)33-119-77)136-85(116)93-30-29-86(6,7)31-43(93)42-21-22-51-90(12)27-24-53(87(8,9)50(90)23-28-91(51,13)92(42,14)32-52(93)98)128-80-65(110)60(105)58(103)48(126-80)37-123-82-71(57(102)46(96)35-122-82)133-78-64(109)56(101)45(95)34-120-78/h15-16,19-21,41,43-73,76-84,94-112,115,117-118H,1-2,17-18,22-38H2,3-14H3. The normalized spacial score (nSPS) is 48.5. The van der Waals surface area contributed by atoms with Gasteiger partial charge in [-0.3, -0.25) is 4.79 Å². The van der Waals surface area contributed by atoms with Crippen molar-refractivity contribution < 1.29 is 212 Å². The number of esters is 3. The van der Waals surface area contributed by atoms with Crippen molar-refractivity contribution in [2.24, 2.45) is 50.2 Å². The molecule has 0 aromatic heterocycles. The zero-order valence-electron chi connectivity index (χ0n) is 78.8. The Bertz CT molecular complexity index is 4170. The van der Waals surface area contributed by atoms with Crippen LogP contribution in [0.25, 0.3) is 0 Å². The van der Waals surface area contributed by atoms with Crippen LogP contribution in [0, 0.1) is 50.2 Å². The topological polar surface area (TPSA) is 662 Å². The first-order valence-corrected chi connectivity index (χ1v) is 47.2. The fraction of sp³-hybridized carbons (Fsp3) is 0.860. The molecule has 8 aliphatic heterocycles. The predicted octanol–water partition coefficient (Wildman–Crippen LogP) is -3.80. The van der Waals surface area contributed by atoms with Crippen LogP contribution in [0.15, 0.2) is 60.3 Å². The van der Waals surface area contributed by atoms with Gasteiger partial charge in [-0.1, -0.05) is 84.4 Å². The highest BCUT2D eigenvalue weighted by atomic mass is 16.8. The summed E-state index contributed by atoms with van der Waals surface area (Å²) in [6.45, 7) is 25.6. The number of hydrogen-bond donors (Lipinski definition) is 22. The Morgan fingerprint density at radius 2 is 0.934 bits per heavy atom. The predicted molar refractivity (Wildman–Crippen MR) is 460 cm³/mol. The molecule has 43 nitrogen and oxygen atoms in total. The maximum Gasteiger partial charge on any atom is 0.333 e. The number of hydrogen-bond acceptors (Lipinski definition) is 43. The lowest BCUT2D eigenvalue weighted by molar-refractivity contribution is -0.403. The van der Waals surface area contributed by atoms with Gasteiger partial charge in [0.1, 0.15) is 146 Å². The van der Waals surface area contributed by atoms with Gasteiger partial charge in [-0.2, -0.15) is 0 Å². The highest BCUT2D eigenvalue weighted by Gasteiger charge is 2.73. The monoisotopic (exact) mass is 1950 g/mol. The van der Waals surface area contributed by atoms with Crippen LogP contribution in [0.1, 0.15) is 167 Å². The van der Waals surface area contributed by atoms with Gasteiger partial charge < -0.3 is 198 Å². The van der Waals surface area contributed by atoms with Gasteiger partial charge in [0.15, 0.2) is 68.6 Å². The second-order valence-corrected chi connectivity index (χ2v) is 42.3. The SMILES string of the molecule is C=CC(C)(O)CCC=C(C)C(=O)OC1C(OCC2OC(OC(=O)C34CCC(C)(C)CC3C3=CCC5C6(C)CCC(OC7OC(COC8OCC(O)C(O)C8OC8OCC(O)C(O)C8O)C(O)C(O)C7O)C(C)(C)C6CCC5(C)C3(C)CC4O)C(OC3OC(O)C(OC4OCC(O)C(OC5OCC(O)C(O)C5O)C4O)C(O)C3O)C(OC(=O)C(C)=CCCC(C)(O)C=C)C2O)OC(C)C(O)C1O. The van der Waals surface area contributed by atoms with E-state index in [2.05, 4.69) is 53.9 Å². The summed E-state index contributed by atoms with van der Waals surface area (Å²) < 4.78 is 109. The average Bonchev–Trinajstić information content (AvgIpc) is 0.668. The van der Waals surface area contributed by atoms with E-state index >= 15 is 4.79 Å². The summed E-state index contributed by atoms with van der Waals surface area (Å²) >= 11 is 0. The molecular weight excluding hydrogens is 1800 g/mol. The molecule has 22 N–H and O–H groups in total. The van der Waals surface area contributed by atoms with Crippen molar-refractivity contribution in [2.75, 3.05) is 39.6 Å². The van der Waals surface area contributed by atoms with Gasteiger partial charge in [0.25, 0.3) is 0 Å².